The molecule has 1 heterocycles. The summed E-state index contributed by atoms with van der Waals surface area (Å²) in [5, 5.41) is 3.52. The molecular formula is C22H24N2O3. The summed E-state index contributed by atoms with van der Waals surface area (Å²) in [7, 11) is 0. The summed E-state index contributed by atoms with van der Waals surface area (Å²) in [4.78, 5) is 26.8. The number of carbonyl (C=O) groups excluding carboxylic acids is 1. The molecule has 3 aromatic rings. The number of nitrogens with zero attached hydrogens (tertiary/aromatic N) is 1. The molecule has 0 aliphatic rings. The van der Waals surface area contributed by atoms with Crippen LogP contribution in [0, 0.1) is 0 Å². The Balaban J connectivity index is 1.65. The van der Waals surface area contributed by atoms with E-state index in [1.54, 1.807) is 18.2 Å². The molecule has 0 saturated carbocycles. The Hall–Kier alpha value is -2.92. The van der Waals surface area contributed by atoms with Crippen molar-refractivity contribution < 1.29 is 9.21 Å². The summed E-state index contributed by atoms with van der Waals surface area (Å²) < 4.78 is 5.22. The standard InChI is InChI=1S/C22H24N2O3/c1-3-24(4-2)15-17-11-9-16(10-12-17)14-23-21(25)19-13-18-7-5-6-8-20(18)27-22(19)26/h5-13H,3-4,14-15H2,1-2H3,(H,23,25). The largest absolute Gasteiger partial charge is 0.422 e. The number of amides is 1. The minimum Gasteiger partial charge on any atom is -0.422 e. The molecule has 0 aliphatic carbocycles. The van der Waals surface area contributed by atoms with Gasteiger partial charge in [-0.25, -0.2) is 4.79 Å². The van der Waals surface area contributed by atoms with Crippen molar-refractivity contribution in [3.8, 4) is 0 Å². The van der Waals surface area contributed by atoms with E-state index in [0.29, 0.717) is 12.1 Å². The van der Waals surface area contributed by atoms with Gasteiger partial charge in [-0.3, -0.25) is 9.69 Å². The molecule has 0 atom stereocenters. The molecular weight excluding hydrogens is 340 g/mol. The summed E-state index contributed by atoms with van der Waals surface area (Å²) in [6.45, 7) is 7.60. The maximum atomic E-state index is 12.4. The van der Waals surface area contributed by atoms with E-state index in [0.717, 1.165) is 30.6 Å². The Morgan fingerprint density at radius 3 is 2.37 bits per heavy atom. The van der Waals surface area contributed by atoms with Gasteiger partial charge in [0.05, 0.1) is 0 Å². The maximum absolute atomic E-state index is 12.4. The molecule has 27 heavy (non-hydrogen) atoms. The van der Waals surface area contributed by atoms with Crippen molar-refractivity contribution >= 4 is 16.9 Å². The summed E-state index contributed by atoms with van der Waals surface area (Å²) >= 11 is 0. The molecule has 0 fully saturated rings. The molecule has 1 aromatic heterocycles. The molecule has 140 valence electrons. The van der Waals surface area contributed by atoms with Crippen molar-refractivity contribution in [3.63, 3.8) is 0 Å². The second-order valence-corrected chi connectivity index (χ2v) is 6.45. The fourth-order valence-electron chi connectivity index (χ4n) is 2.97. The van der Waals surface area contributed by atoms with Gasteiger partial charge in [-0.2, -0.15) is 0 Å². The first-order valence-electron chi connectivity index (χ1n) is 9.22. The number of hydrogen-bond acceptors (Lipinski definition) is 4. The van der Waals surface area contributed by atoms with Gasteiger partial charge >= 0.3 is 5.63 Å². The summed E-state index contributed by atoms with van der Waals surface area (Å²) in [6.07, 6.45) is 0. The number of hydrogen-bond donors (Lipinski definition) is 1. The lowest BCUT2D eigenvalue weighted by atomic mass is 10.1. The van der Waals surface area contributed by atoms with Crippen molar-refractivity contribution in [2.75, 3.05) is 13.1 Å². The van der Waals surface area contributed by atoms with Crippen LogP contribution in [0.2, 0.25) is 0 Å². The lowest BCUT2D eigenvalue weighted by Crippen LogP contribution is -2.27. The van der Waals surface area contributed by atoms with Gasteiger partial charge in [0.15, 0.2) is 0 Å². The van der Waals surface area contributed by atoms with Gasteiger partial charge in [0.1, 0.15) is 11.1 Å². The average Bonchev–Trinajstić information content (AvgIpc) is 2.70. The van der Waals surface area contributed by atoms with E-state index in [1.807, 2.05) is 24.3 Å². The zero-order valence-corrected chi connectivity index (χ0v) is 15.7. The minimum atomic E-state index is -0.624. The molecule has 0 aliphatic heterocycles. The number of benzene rings is 2. The van der Waals surface area contributed by atoms with Gasteiger partial charge in [0.25, 0.3) is 5.91 Å². The molecule has 0 unspecified atom stereocenters. The van der Waals surface area contributed by atoms with Crippen molar-refractivity contribution in [2.45, 2.75) is 26.9 Å². The van der Waals surface area contributed by atoms with E-state index in [-0.39, 0.29) is 5.56 Å². The lowest BCUT2D eigenvalue weighted by Gasteiger charge is -2.18. The second-order valence-electron chi connectivity index (χ2n) is 6.45. The van der Waals surface area contributed by atoms with Crippen LogP contribution in [0.5, 0.6) is 0 Å². The fourth-order valence-corrected chi connectivity index (χ4v) is 2.97. The molecule has 1 amide bonds. The van der Waals surface area contributed by atoms with Crippen LogP contribution in [0.4, 0.5) is 0 Å². The van der Waals surface area contributed by atoms with Gasteiger partial charge in [0, 0.05) is 18.5 Å². The Morgan fingerprint density at radius 1 is 1.00 bits per heavy atom. The fraction of sp³-hybridized carbons (Fsp3) is 0.273. The van der Waals surface area contributed by atoms with E-state index in [4.69, 9.17) is 4.42 Å². The third-order valence-electron chi connectivity index (χ3n) is 4.66. The smallest absolute Gasteiger partial charge is 0.349 e. The van der Waals surface area contributed by atoms with Crippen molar-refractivity contribution in [2.24, 2.45) is 0 Å². The third kappa shape index (κ3) is 4.63. The lowest BCUT2D eigenvalue weighted by molar-refractivity contribution is 0.0947. The monoisotopic (exact) mass is 364 g/mol. The SMILES string of the molecule is CCN(CC)Cc1ccc(CNC(=O)c2cc3ccccc3oc2=O)cc1. The molecule has 0 saturated heterocycles. The quantitative estimate of drug-likeness (QED) is 0.651. The summed E-state index contributed by atoms with van der Waals surface area (Å²) in [5.41, 5.74) is 2.09. The number of fused-ring (bicyclic) bond motifs is 1. The predicted molar refractivity (Wildman–Crippen MR) is 107 cm³/mol. The first-order valence-corrected chi connectivity index (χ1v) is 9.22. The van der Waals surface area contributed by atoms with E-state index in [1.165, 1.54) is 5.56 Å². The van der Waals surface area contributed by atoms with E-state index in [9.17, 15) is 9.59 Å². The van der Waals surface area contributed by atoms with Crippen LogP contribution in [-0.2, 0) is 13.1 Å². The Morgan fingerprint density at radius 2 is 1.67 bits per heavy atom. The van der Waals surface area contributed by atoms with Gasteiger partial charge in [-0.15, -0.1) is 0 Å². The van der Waals surface area contributed by atoms with Crippen molar-refractivity contribution in [1.29, 1.82) is 0 Å². The van der Waals surface area contributed by atoms with Crippen LogP contribution in [0.1, 0.15) is 35.3 Å². The number of rotatable bonds is 7. The van der Waals surface area contributed by atoms with E-state index in [2.05, 4.69) is 36.2 Å². The molecule has 5 heteroatoms. The Bertz CT molecular complexity index is 973. The number of nitrogens with one attached hydrogen (secondary N) is 1. The second kappa shape index (κ2) is 8.64. The Kier molecular flexibility index (Phi) is 6.04. The first-order chi connectivity index (χ1) is 13.1. The Labute approximate surface area is 158 Å². The van der Waals surface area contributed by atoms with Gasteiger partial charge in [-0.05, 0) is 36.3 Å². The number of carbonyl (C=O) groups is 1. The highest BCUT2D eigenvalue weighted by Crippen LogP contribution is 2.13. The average molecular weight is 364 g/mol. The maximum Gasteiger partial charge on any atom is 0.349 e. The highest BCUT2D eigenvalue weighted by molar-refractivity contribution is 5.96. The first kappa shape index (κ1) is 18.9. The van der Waals surface area contributed by atoms with Gasteiger partial charge in [0.2, 0.25) is 0 Å². The molecule has 0 bridgehead atoms. The molecule has 2 aromatic carbocycles. The predicted octanol–water partition coefficient (Wildman–Crippen LogP) is 3.56. The molecule has 0 spiro atoms. The molecule has 3 rings (SSSR count). The highest BCUT2D eigenvalue weighted by Gasteiger charge is 2.13. The van der Waals surface area contributed by atoms with Crippen LogP contribution in [0.25, 0.3) is 11.0 Å². The molecule has 0 radical (unpaired) electrons. The van der Waals surface area contributed by atoms with Crippen LogP contribution in [-0.4, -0.2) is 23.9 Å². The topological polar surface area (TPSA) is 62.6 Å². The van der Waals surface area contributed by atoms with Crippen LogP contribution in [0.15, 0.2) is 63.8 Å². The minimum absolute atomic E-state index is 0.0202. The van der Waals surface area contributed by atoms with Crippen molar-refractivity contribution in [1.82, 2.24) is 10.2 Å². The van der Waals surface area contributed by atoms with Gasteiger partial charge in [-0.1, -0.05) is 56.3 Å². The van der Waals surface area contributed by atoms with Crippen LogP contribution < -0.4 is 10.9 Å². The normalized spacial score (nSPS) is 11.1. The van der Waals surface area contributed by atoms with Crippen LogP contribution in [0.3, 0.4) is 0 Å². The highest BCUT2D eigenvalue weighted by atomic mass is 16.4. The van der Waals surface area contributed by atoms with Gasteiger partial charge < -0.3 is 9.73 Å². The van der Waals surface area contributed by atoms with E-state index < -0.39 is 11.5 Å². The molecule has 5 nitrogen and oxygen atoms in total. The van der Waals surface area contributed by atoms with Crippen LogP contribution >= 0.6 is 0 Å². The molecule has 1 N–H and O–H groups in total. The number of para-hydroxylation sites is 1. The summed E-state index contributed by atoms with van der Waals surface area (Å²) in [6, 6.07) is 16.9. The van der Waals surface area contributed by atoms with E-state index >= 15 is 0 Å². The third-order valence-corrected chi connectivity index (χ3v) is 4.66. The zero-order chi connectivity index (χ0) is 19.2. The zero-order valence-electron chi connectivity index (χ0n) is 15.7. The van der Waals surface area contributed by atoms with Crippen molar-refractivity contribution in [3.05, 3.63) is 81.7 Å². The summed E-state index contributed by atoms with van der Waals surface area (Å²) in [5.74, 6) is -0.429.